The van der Waals surface area contributed by atoms with Crippen molar-refractivity contribution in [2.45, 2.75) is 13.0 Å². The van der Waals surface area contributed by atoms with Gasteiger partial charge in [0.05, 0.1) is 12.3 Å². The molecule has 76 valence electrons. The summed E-state index contributed by atoms with van der Waals surface area (Å²) < 4.78 is 5.44. The number of aliphatic hydroxyl groups is 1. The van der Waals surface area contributed by atoms with Gasteiger partial charge in [-0.25, -0.2) is 4.79 Å². The van der Waals surface area contributed by atoms with Crippen molar-refractivity contribution in [3.8, 4) is 0 Å². The molecule has 1 N–H and O–H groups in total. The summed E-state index contributed by atoms with van der Waals surface area (Å²) in [5.74, 6) is -0.678. The topological polar surface area (TPSA) is 59.4 Å². The Hall–Kier alpha value is -0.940. The van der Waals surface area contributed by atoms with E-state index in [0.29, 0.717) is 0 Å². The average molecular weight is 260 g/mol. The first-order valence-corrected chi connectivity index (χ1v) is 4.90. The summed E-state index contributed by atoms with van der Waals surface area (Å²) in [4.78, 5) is 15.0. The number of nitrogens with zero attached hydrogens (tertiary/aromatic N) is 1. The highest BCUT2D eigenvalue weighted by atomic mass is 79.9. The normalized spacial score (nSPS) is 12.2. The molecule has 0 radical (unpaired) electrons. The fraction of sp³-hybridized carbons (Fsp3) is 0.333. The zero-order valence-corrected chi connectivity index (χ0v) is 9.19. The number of aliphatic hydroxyl groups excluding tert-OH is 1. The molecule has 0 aliphatic carbocycles. The summed E-state index contributed by atoms with van der Waals surface area (Å²) >= 11 is 3.20. The molecule has 0 spiro atoms. The van der Waals surface area contributed by atoms with E-state index in [1.807, 2.05) is 0 Å². The van der Waals surface area contributed by atoms with Gasteiger partial charge in [-0.05, 0) is 35.0 Å². The van der Waals surface area contributed by atoms with Gasteiger partial charge in [-0.2, -0.15) is 0 Å². The van der Waals surface area contributed by atoms with Crippen LogP contribution in [0.2, 0.25) is 0 Å². The van der Waals surface area contributed by atoms with Crippen molar-refractivity contribution in [1.29, 1.82) is 0 Å². The summed E-state index contributed by atoms with van der Waals surface area (Å²) in [6, 6.07) is 3.26. The number of rotatable bonds is 3. The minimum Gasteiger partial charge on any atom is -0.464 e. The third-order valence-corrected chi connectivity index (χ3v) is 2.01. The molecule has 0 aliphatic heterocycles. The number of pyridine rings is 1. The number of hydrogen-bond acceptors (Lipinski definition) is 4. The highest BCUT2D eigenvalue weighted by molar-refractivity contribution is 9.10. The molecule has 1 rings (SSSR count). The number of carbonyl (C=O) groups excluding carboxylic acids is 1. The number of halogens is 1. The number of ether oxygens (including phenoxy) is 1. The molecule has 0 aliphatic rings. The maximum atomic E-state index is 11.1. The molecule has 14 heavy (non-hydrogen) atoms. The zero-order chi connectivity index (χ0) is 10.6. The first-order chi connectivity index (χ1) is 6.65. The molecular weight excluding hydrogens is 250 g/mol. The molecule has 1 aromatic heterocycles. The van der Waals surface area contributed by atoms with Crippen LogP contribution in [0, 0.1) is 0 Å². The van der Waals surface area contributed by atoms with Crippen LogP contribution in [0.4, 0.5) is 0 Å². The van der Waals surface area contributed by atoms with E-state index in [-0.39, 0.29) is 12.3 Å². The summed E-state index contributed by atoms with van der Waals surface area (Å²) in [7, 11) is 0. The van der Waals surface area contributed by atoms with Crippen LogP contribution in [0.5, 0.6) is 0 Å². The van der Waals surface area contributed by atoms with E-state index in [1.54, 1.807) is 19.1 Å². The monoisotopic (exact) mass is 259 g/mol. The Morgan fingerprint density at radius 3 is 2.93 bits per heavy atom. The van der Waals surface area contributed by atoms with Crippen molar-refractivity contribution < 1.29 is 14.6 Å². The molecule has 1 atom stereocenters. The standard InChI is InChI=1S/C9H10BrNO3/c1-2-14-9(13)8(12)7-4-3-6(10)5-11-7/h3-5,8,12H,2H2,1H3. The van der Waals surface area contributed by atoms with Crippen molar-refractivity contribution in [1.82, 2.24) is 4.98 Å². The second-order valence-electron chi connectivity index (χ2n) is 2.56. The maximum Gasteiger partial charge on any atom is 0.341 e. The van der Waals surface area contributed by atoms with Gasteiger partial charge >= 0.3 is 5.97 Å². The van der Waals surface area contributed by atoms with Crippen LogP contribution in [0.1, 0.15) is 18.7 Å². The van der Waals surface area contributed by atoms with Gasteiger partial charge in [0, 0.05) is 10.7 Å². The molecule has 0 saturated heterocycles. The lowest BCUT2D eigenvalue weighted by atomic mass is 10.2. The van der Waals surface area contributed by atoms with Crippen molar-refractivity contribution in [2.24, 2.45) is 0 Å². The van der Waals surface area contributed by atoms with Crippen LogP contribution in [-0.2, 0) is 9.53 Å². The highest BCUT2D eigenvalue weighted by Crippen LogP contribution is 2.14. The van der Waals surface area contributed by atoms with Gasteiger partial charge in [0.15, 0.2) is 6.10 Å². The third kappa shape index (κ3) is 2.78. The molecular formula is C9H10BrNO3. The predicted octanol–water partition coefficient (Wildman–Crippen LogP) is 1.44. The number of aromatic nitrogens is 1. The number of carbonyl (C=O) groups is 1. The molecule has 1 unspecified atom stereocenters. The molecule has 4 nitrogen and oxygen atoms in total. The van der Waals surface area contributed by atoms with Crippen molar-refractivity contribution in [3.05, 3.63) is 28.5 Å². The fourth-order valence-electron chi connectivity index (χ4n) is 0.891. The highest BCUT2D eigenvalue weighted by Gasteiger charge is 2.19. The van der Waals surface area contributed by atoms with Crippen LogP contribution < -0.4 is 0 Å². The second-order valence-corrected chi connectivity index (χ2v) is 3.47. The lowest BCUT2D eigenvalue weighted by Gasteiger charge is -2.08. The van der Waals surface area contributed by atoms with Gasteiger partial charge in [0.1, 0.15) is 0 Å². The van der Waals surface area contributed by atoms with E-state index >= 15 is 0 Å². The van der Waals surface area contributed by atoms with E-state index in [1.165, 1.54) is 6.20 Å². The van der Waals surface area contributed by atoms with E-state index in [4.69, 9.17) is 0 Å². The minimum absolute atomic E-state index is 0.242. The number of esters is 1. The Morgan fingerprint density at radius 2 is 2.43 bits per heavy atom. The van der Waals surface area contributed by atoms with E-state index < -0.39 is 12.1 Å². The Kier molecular flexibility index (Phi) is 4.03. The van der Waals surface area contributed by atoms with E-state index in [2.05, 4.69) is 25.7 Å². The summed E-state index contributed by atoms with van der Waals surface area (Å²) in [5.41, 5.74) is 0.284. The zero-order valence-electron chi connectivity index (χ0n) is 7.61. The van der Waals surface area contributed by atoms with Crippen LogP contribution >= 0.6 is 15.9 Å². The van der Waals surface area contributed by atoms with Crippen molar-refractivity contribution in [3.63, 3.8) is 0 Å². The molecule has 1 aromatic rings. The Balaban J connectivity index is 2.73. The third-order valence-electron chi connectivity index (χ3n) is 1.54. The molecule has 1 heterocycles. The predicted molar refractivity (Wildman–Crippen MR) is 53.5 cm³/mol. The molecule has 0 amide bonds. The smallest absolute Gasteiger partial charge is 0.341 e. The van der Waals surface area contributed by atoms with E-state index in [9.17, 15) is 9.90 Å². The maximum absolute atomic E-state index is 11.1. The van der Waals surface area contributed by atoms with Gasteiger partial charge in [0.25, 0.3) is 0 Å². The molecule has 0 aromatic carbocycles. The van der Waals surface area contributed by atoms with Crippen LogP contribution in [0.15, 0.2) is 22.8 Å². The average Bonchev–Trinajstić information content (AvgIpc) is 2.18. The Morgan fingerprint density at radius 1 is 1.71 bits per heavy atom. The molecule has 5 heteroatoms. The summed E-state index contributed by atoms with van der Waals surface area (Å²) in [6.07, 6.45) is 0.209. The van der Waals surface area contributed by atoms with Gasteiger partial charge in [0.2, 0.25) is 0 Å². The van der Waals surface area contributed by atoms with Crippen LogP contribution in [0.25, 0.3) is 0 Å². The van der Waals surface area contributed by atoms with Crippen molar-refractivity contribution >= 4 is 21.9 Å². The summed E-state index contributed by atoms with van der Waals surface area (Å²) in [6.45, 7) is 1.92. The first-order valence-electron chi connectivity index (χ1n) is 4.11. The van der Waals surface area contributed by atoms with Crippen molar-refractivity contribution in [2.75, 3.05) is 6.61 Å². The molecule has 0 saturated carbocycles. The van der Waals surface area contributed by atoms with Crippen LogP contribution in [-0.4, -0.2) is 22.7 Å². The second kappa shape index (κ2) is 5.07. The summed E-state index contributed by atoms with van der Waals surface area (Å²) in [5, 5.41) is 9.46. The number of hydrogen-bond donors (Lipinski definition) is 1. The van der Waals surface area contributed by atoms with Gasteiger partial charge in [-0.1, -0.05) is 0 Å². The fourth-order valence-corrected chi connectivity index (χ4v) is 1.13. The lowest BCUT2D eigenvalue weighted by Crippen LogP contribution is -2.16. The van der Waals surface area contributed by atoms with E-state index in [0.717, 1.165) is 4.47 Å². The minimum atomic E-state index is -1.30. The van der Waals surface area contributed by atoms with Crippen LogP contribution in [0.3, 0.4) is 0 Å². The SMILES string of the molecule is CCOC(=O)C(O)c1ccc(Br)cn1. The Bertz CT molecular complexity index is 312. The Labute approximate surface area is 90.0 Å². The largest absolute Gasteiger partial charge is 0.464 e. The first kappa shape index (κ1) is 11.1. The van der Waals surface area contributed by atoms with Gasteiger partial charge in [-0.3, -0.25) is 4.98 Å². The lowest BCUT2D eigenvalue weighted by molar-refractivity contribution is -0.153. The van der Waals surface area contributed by atoms with Gasteiger partial charge in [-0.15, -0.1) is 0 Å². The molecule has 0 bridgehead atoms. The molecule has 0 fully saturated rings. The quantitative estimate of drug-likeness (QED) is 0.835. The van der Waals surface area contributed by atoms with Gasteiger partial charge < -0.3 is 9.84 Å².